The van der Waals surface area contributed by atoms with Crippen LogP contribution in [0.3, 0.4) is 0 Å². The molecule has 18 heavy (non-hydrogen) atoms. The second kappa shape index (κ2) is 5.04. The van der Waals surface area contributed by atoms with Crippen LogP contribution < -0.4 is 5.59 Å². The molecule has 0 fully saturated rings. The maximum atomic E-state index is 4.23. The first-order valence-corrected chi connectivity index (χ1v) is 6.04. The molecule has 0 N–H and O–H groups in total. The monoisotopic (exact) mass is 234 g/mol. The van der Waals surface area contributed by atoms with Gasteiger partial charge in [0.25, 0.3) is 0 Å². The van der Waals surface area contributed by atoms with Gasteiger partial charge in [-0.15, -0.1) is 11.1 Å². The highest BCUT2D eigenvalue weighted by atomic mass is 15.4. The largest absolute Gasteiger partial charge is 0.249 e. The van der Waals surface area contributed by atoms with Gasteiger partial charge in [-0.2, -0.15) is 0 Å². The summed E-state index contributed by atoms with van der Waals surface area (Å²) in [7, 11) is 0. The summed E-state index contributed by atoms with van der Waals surface area (Å²) in [5.41, 5.74) is 2.23. The standard InChI is InChI=1S/C14H13BN3/c1-3-7-13(8-4-1)11-18-12-14(16-17-18)15-9-5-2-6-10-15/h1-10,12H,11H2. The van der Waals surface area contributed by atoms with Gasteiger partial charge in [0, 0.05) is 6.20 Å². The molecule has 3 rings (SSSR count). The van der Waals surface area contributed by atoms with Gasteiger partial charge in [0.2, 0.25) is 6.71 Å². The van der Waals surface area contributed by atoms with Gasteiger partial charge >= 0.3 is 0 Å². The van der Waals surface area contributed by atoms with Crippen LogP contribution in [0, 0.1) is 6.32 Å². The number of benzene rings is 1. The van der Waals surface area contributed by atoms with Gasteiger partial charge in [-0.05, 0) is 11.9 Å². The number of hydrogen-bond donors (Lipinski definition) is 0. The van der Waals surface area contributed by atoms with Crippen LogP contribution in [0.15, 0.2) is 60.7 Å². The zero-order valence-corrected chi connectivity index (χ0v) is 9.98. The molecule has 3 nitrogen and oxygen atoms in total. The van der Waals surface area contributed by atoms with E-state index in [9.17, 15) is 0 Å². The minimum Gasteiger partial charge on any atom is -0.249 e. The number of aromatic nitrogens is 3. The van der Waals surface area contributed by atoms with Crippen LogP contribution in [0.5, 0.6) is 0 Å². The molecule has 0 atom stereocenters. The molecule has 0 unspecified atom stereocenters. The molecule has 0 bridgehead atoms. The van der Waals surface area contributed by atoms with E-state index in [1.807, 2.05) is 47.3 Å². The van der Waals surface area contributed by atoms with Crippen molar-refractivity contribution in [3.63, 3.8) is 0 Å². The highest BCUT2D eigenvalue weighted by Gasteiger charge is 2.17. The van der Waals surface area contributed by atoms with E-state index < -0.39 is 0 Å². The Morgan fingerprint density at radius 1 is 1.06 bits per heavy atom. The van der Waals surface area contributed by atoms with Crippen LogP contribution >= 0.6 is 0 Å². The topological polar surface area (TPSA) is 30.7 Å². The third kappa shape index (κ3) is 2.42. The first-order chi connectivity index (χ1) is 8.92. The molecular formula is C14H13BN3. The van der Waals surface area contributed by atoms with Crippen LogP contribution in [-0.4, -0.2) is 21.7 Å². The fourth-order valence-corrected chi connectivity index (χ4v) is 2.01. The molecule has 1 aromatic heterocycles. The third-order valence-electron chi connectivity index (χ3n) is 2.94. The highest BCUT2D eigenvalue weighted by molar-refractivity contribution is 6.80. The van der Waals surface area contributed by atoms with Crippen LogP contribution in [0.2, 0.25) is 0 Å². The molecule has 1 aliphatic heterocycles. The van der Waals surface area contributed by atoms with Gasteiger partial charge in [0.1, 0.15) is 0 Å². The quantitative estimate of drug-likeness (QED) is 0.752. The van der Waals surface area contributed by atoms with Crippen molar-refractivity contribution in [2.45, 2.75) is 6.54 Å². The maximum Gasteiger partial charge on any atom is 0.236 e. The minimum atomic E-state index is 0.250. The van der Waals surface area contributed by atoms with Gasteiger partial charge < -0.3 is 0 Å². The molecule has 0 saturated heterocycles. The Balaban J connectivity index is 1.74. The molecule has 0 aliphatic carbocycles. The lowest BCUT2D eigenvalue weighted by Gasteiger charge is -2.04. The SMILES string of the molecule is [CH]1C=CC=CB1c1cn(Cc2ccccc2)nn1. The van der Waals surface area contributed by atoms with Crippen LogP contribution in [0.4, 0.5) is 0 Å². The lowest BCUT2D eigenvalue weighted by Crippen LogP contribution is -2.30. The predicted octanol–water partition coefficient (Wildman–Crippen LogP) is 1.44. The lowest BCUT2D eigenvalue weighted by atomic mass is 9.44. The molecule has 87 valence electrons. The number of rotatable bonds is 3. The van der Waals surface area contributed by atoms with Crippen LogP contribution in [0.1, 0.15) is 5.56 Å². The van der Waals surface area contributed by atoms with Gasteiger partial charge in [-0.25, -0.2) is 4.68 Å². The normalized spacial score (nSPS) is 14.1. The van der Waals surface area contributed by atoms with Crippen molar-refractivity contribution in [2.24, 2.45) is 0 Å². The van der Waals surface area contributed by atoms with E-state index in [2.05, 4.69) is 34.7 Å². The Hall–Kier alpha value is -2.10. The smallest absolute Gasteiger partial charge is 0.236 e. The fraction of sp³-hybridized carbons (Fsp3) is 0.0714. The van der Waals surface area contributed by atoms with Crippen molar-refractivity contribution in [1.82, 2.24) is 15.0 Å². The Morgan fingerprint density at radius 2 is 1.94 bits per heavy atom. The molecule has 2 heterocycles. The lowest BCUT2D eigenvalue weighted by molar-refractivity contribution is 0.650. The van der Waals surface area contributed by atoms with Crippen molar-refractivity contribution in [3.8, 4) is 0 Å². The van der Waals surface area contributed by atoms with E-state index in [1.165, 1.54) is 5.56 Å². The first-order valence-electron chi connectivity index (χ1n) is 6.04. The summed E-state index contributed by atoms with van der Waals surface area (Å²) >= 11 is 0. The van der Waals surface area contributed by atoms with Gasteiger partial charge in [0.15, 0.2) is 0 Å². The molecule has 0 saturated carbocycles. The number of allylic oxidation sites excluding steroid dienone is 3. The Kier molecular flexibility index (Phi) is 3.09. The highest BCUT2D eigenvalue weighted by Crippen LogP contribution is 2.02. The van der Waals surface area contributed by atoms with Gasteiger partial charge in [0.05, 0.1) is 12.1 Å². The van der Waals surface area contributed by atoms with E-state index >= 15 is 0 Å². The molecule has 2 aromatic rings. The van der Waals surface area contributed by atoms with E-state index in [1.54, 1.807) is 0 Å². The summed E-state index contributed by atoms with van der Waals surface area (Å²) in [6, 6.07) is 10.3. The van der Waals surface area contributed by atoms with E-state index in [4.69, 9.17) is 0 Å². The molecule has 4 heteroatoms. The van der Waals surface area contributed by atoms with Gasteiger partial charge in [-0.3, -0.25) is 0 Å². The summed E-state index contributed by atoms with van der Waals surface area (Å²) in [4.78, 5) is 0. The van der Waals surface area contributed by atoms with Crippen molar-refractivity contribution in [3.05, 3.63) is 72.6 Å². The summed E-state index contributed by atoms with van der Waals surface area (Å²) in [5, 5.41) is 8.41. The third-order valence-corrected chi connectivity index (χ3v) is 2.94. The van der Waals surface area contributed by atoms with Gasteiger partial charge in [-0.1, -0.05) is 53.8 Å². The molecule has 1 aromatic carbocycles. The minimum absolute atomic E-state index is 0.250. The van der Waals surface area contributed by atoms with Crippen LogP contribution in [-0.2, 0) is 6.54 Å². The van der Waals surface area contributed by atoms with Crippen molar-refractivity contribution in [1.29, 1.82) is 0 Å². The second-order valence-electron chi connectivity index (χ2n) is 4.31. The molecule has 1 aliphatic rings. The fourth-order valence-electron chi connectivity index (χ4n) is 2.01. The molecule has 0 amide bonds. The average molecular weight is 234 g/mol. The Labute approximate surface area is 107 Å². The second-order valence-corrected chi connectivity index (χ2v) is 4.31. The Morgan fingerprint density at radius 3 is 2.72 bits per heavy atom. The zero-order chi connectivity index (χ0) is 12.2. The predicted molar refractivity (Wildman–Crippen MR) is 73.5 cm³/mol. The van der Waals surface area contributed by atoms with Crippen molar-refractivity contribution in [2.75, 3.05) is 0 Å². The molecule has 1 radical (unpaired) electrons. The summed E-state index contributed by atoms with van der Waals surface area (Å²) in [6.07, 6.45) is 10.2. The number of nitrogens with zero attached hydrogens (tertiary/aromatic N) is 3. The molecule has 0 spiro atoms. The first kappa shape index (κ1) is 11.0. The maximum absolute atomic E-state index is 4.23. The number of hydrogen-bond acceptors (Lipinski definition) is 2. The zero-order valence-electron chi connectivity index (χ0n) is 9.98. The summed E-state index contributed by atoms with van der Waals surface area (Å²) in [6.45, 7) is 1.01. The van der Waals surface area contributed by atoms with E-state index in [0.717, 1.165) is 12.1 Å². The van der Waals surface area contributed by atoms with Crippen LogP contribution in [0.25, 0.3) is 0 Å². The summed E-state index contributed by atoms with van der Waals surface area (Å²) in [5.74, 6) is 2.12. The molecular weight excluding hydrogens is 221 g/mol. The Bertz CT molecular complexity index is 572. The van der Waals surface area contributed by atoms with Crippen molar-refractivity contribution < 1.29 is 0 Å². The van der Waals surface area contributed by atoms with E-state index in [-0.39, 0.29) is 6.71 Å². The van der Waals surface area contributed by atoms with E-state index in [0.29, 0.717) is 0 Å². The average Bonchev–Trinajstić information content (AvgIpc) is 2.89. The summed E-state index contributed by atoms with van der Waals surface area (Å²) < 4.78 is 1.88. The van der Waals surface area contributed by atoms with Crippen molar-refractivity contribution >= 4 is 12.3 Å².